The lowest BCUT2D eigenvalue weighted by Crippen LogP contribution is -2.56. The van der Waals surface area contributed by atoms with Crippen molar-refractivity contribution < 1.29 is 32.2 Å². The molecule has 146 valence electrons. The molecule has 0 amide bonds. The number of ether oxygens (including phenoxy) is 3. The Labute approximate surface area is 152 Å². The molecule has 0 radical (unpaired) electrons. The number of aromatic nitrogens is 1. The minimum Gasteiger partial charge on any atom is -0.462 e. The number of carbonyl (C=O) groups excluding carboxylic acids is 1. The van der Waals surface area contributed by atoms with Gasteiger partial charge in [0, 0.05) is 25.5 Å². The molecule has 0 saturated carbocycles. The summed E-state index contributed by atoms with van der Waals surface area (Å²) in [7, 11) is 0. The van der Waals surface area contributed by atoms with Crippen molar-refractivity contribution >= 4 is 17.9 Å². The molecule has 3 rings (SSSR count). The van der Waals surface area contributed by atoms with Crippen molar-refractivity contribution in [1.29, 1.82) is 0 Å². The predicted molar refractivity (Wildman–Crippen MR) is 87.1 cm³/mol. The van der Waals surface area contributed by atoms with E-state index in [2.05, 4.69) is 19.7 Å². The molecule has 3 heterocycles. The average Bonchev–Trinajstić information content (AvgIpc) is 2.68. The summed E-state index contributed by atoms with van der Waals surface area (Å²) in [6.45, 7) is 2.25. The number of morpholine rings is 1. The van der Waals surface area contributed by atoms with Crippen LogP contribution in [0.3, 0.4) is 0 Å². The highest BCUT2D eigenvalue weighted by Crippen LogP contribution is 2.39. The number of esters is 1. The largest absolute Gasteiger partial charge is 0.462 e. The van der Waals surface area contributed by atoms with Crippen molar-refractivity contribution in [3.8, 4) is 0 Å². The number of hydrogen-bond donors (Lipinski definition) is 0. The van der Waals surface area contributed by atoms with Crippen LogP contribution in [0.25, 0.3) is 0 Å². The number of nitrogens with zero attached hydrogens (tertiary/aromatic N) is 4. The maximum absolute atomic E-state index is 14.0. The van der Waals surface area contributed by atoms with Crippen molar-refractivity contribution in [1.82, 2.24) is 9.88 Å². The molecule has 1 aromatic rings. The van der Waals surface area contributed by atoms with E-state index < -0.39 is 23.7 Å². The number of rotatable bonds is 3. The van der Waals surface area contributed by atoms with Crippen molar-refractivity contribution in [2.75, 3.05) is 32.9 Å². The summed E-state index contributed by atoms with van der Waals surface area (Å²) < 4.78 is 57.3. The maximum Gasteiger partial charge on any atom is 0.446 e. The van der Waals surface area contributed by atoms with E-state index >= 15 is 0 Å². The van der Waals surface area contributed by atoms with Gasteiger partial charge in [-0.25, -0.2) is 4.79 Å². The van der Waals surface area contributed by atoms with E-state index in [-0.39, 0.29) is 31.3 Å². The molecule has 2 aliphatic heterocycles. The van der Waals surface area contributed by atoms with Gasteiger partial charge in [0.1, 0.15) is 0 Å². The number of halogens is 3. The fraction of sp³-hybridized carbons (Fsp3) is 0.500. The Hall–Kier alpha value is -2.69. The minimum atomic E-state index is -5.13. The van der Waals surface area contributed by atoms with E-state index in [0.29, 0.717) is 13.2 Å². The number of alkyl halides is 3. The van der Waals surface area contributed by atoms with Crippen molar-refractivity contribution in [3.63, 3.8) is 0 Å². The molecule has 0 unspecified atom stereocenters. The van der Waals surface area contributed by atoms with Gasteiger partial charge in [-0.2, -0.15) is 23.2 Å². The smallest absolute Gasteiger partial charge is 0.446 e. The van der Waals surface area contributed by atoms with Crippen molar-refractivity contribution in [2.24, 2.45) is 9.98 Å². The summed E-state index contributed by atoms with van der Waals surface area (Å²) in [5.41, 5.74) is -3.27. The van der Waals surface area contributed by atoms with Crippen LogP contribution < -0.4 is 0 Å². The summed E-state index contributed by atoms with van der Waals surface area (Å²) in [6.07, 6.45) is -2.40. The van der Waals surface area contributed by atoms with Gasteiger partial charge in [0.2, 0.25) is 5.90 Å². The highest BCUT2D eigenvalue weighted by Gasteiger charge is 2.65. The molecule has 1 atom stereocenters. The molecule has 1 fully saturated rings. The molecule has 11 heteroatoms. The van der Waals surface area contributed by atoms with E-state index in [4.69, 9.17) is 9.47 Å². The molecular weight excluding hydrogens is 369 g/mol. The average molecular weight is 386 g/mol. The third kappa shape index (κ3) is 3.72. The van der Waals surface area contributed by atoms with Gasteiger partial charge < -0.3 is 19.1 Å². The van der Waals surface area contributed by atoms with Crippen LogP contribution in [-0.4, -0.2) is 72.5 Å². The van der Waals surface area contributed by atoms with Crippen LogP contribution in [-0.2, 0) is 19.0 Å². The SMILES string of the molecule is CCOC(=O)[C@]1(C(F)(F)F)N=C(c2cccnc2)OC(N2CCOCC2)=N1. The Bertz CT molecular complexity index is 748. The van der Waals surface area contributed by atoms with Crippen LogP contribution in [0.15, 0.2) is 34.5 Å². The molecule has 1 aromatic heterocycles. The molecule has 0 aliphatic carbocycles. The fourth-order valence-electron chi connectivity index (χ4n) is 2.51. The van der Waals surface area contributed by atoms with Gasteiger partial charge in [0.25, 0.3) is 6.02 Å². The van der Waals surface area contributed by atoms with Crippen LogP contribution in [0.2, 0.25) is 0 Å². The molecule has 0 aromatic carbocycles. The van der Waals surface area contributed by atoms with Gasteiger partial charge in [-0.1, -0.05) is 0 Å². The zero-order valence-electron chi connectivity index (χ0n) is 14.4. The standard InChI is InChI=1S/C16H17F3N4O4/c1-2-26-13(24)15(16(17,18)19)21-12(11-4-3-5-20-10-11)27-14(22-15)23-6-8-25-9-7-23/h3-5,10H,2,6-9H2,1H3/t15-/m0/s1. The lowest BCUT2D eigenvalue weighted by molar-refractivity contribution is -0.204. The first-order valence-electron chi connectivity index (χ1n) is 8.22. The second kappa shape index (κ2) is 7.51. The minimum absolute atomic E-state index is 0.177. The molecule has 0 bridgehead atoms. The highest BCUT2D eigenvalue weighted by atomic mass is 19.4. The number of pyridine rings is 1. The van der Waals surface area contributed by atoms with E-state index in [1.165, 1.54) is 36.4 Å². The molecule has 0 spiro atoms. The van der Waals surface area contributed by atoms with Gasteiger partial charge in [0.05, 0.1) is 25.4 Å². The normalized spacial score (nSPS) is 23.2. The van der Waals surface area contributed by atoms with E-state index in [0.717, 1.165) is 0 Å². The van der Waals surface area contributed by atoms with Gasteiger partial charge in [-0.05, 0) is 19.1 Å². The number of carbonyl (C=O) groups is 1. The fourth-order valence-corrected chi connectivity index (χ4v) is 2.51. The molecule has 27 heavy (non-hydrogen) atoms. The molecular formula is C16H17F3N4O4. The topological polar surface area (TPSA) is 85.6 Å². The lowest BCUT2D eigenvalue weighted by Gasteiger charge is -2.35. The Morgan fingerprint density at radius 1 is 1.33 bits per heavy atom. The van der Waals surface area contributed by atoms with Gasteiger partial charge >= 0.3 is 17.8 Å². The van der Waals surface area contributed by atoms with Crippen molar-refractivity contribution in [3.05, 3.63) is 30.1 Å². The van der Waals surface area contributed by atoms with Crippen LogP contribution in [0.1, 0.15) is 12.5 Å². The van der Waals surface area contributed by atoms with E-state index in [9.17, 15) is 18.0 Å². The second-order valence-corrected chi connectivity index (χ2v) is 5.64. The predicted octanol–water partition coefficient (Wildman–Crippen LogP) is 1.37. The summed E-state index contributed by atoms with van der Waals surface area (Å²) in [5.74, 6) is -2.03. The van der Waals surface area contributed by atoms with Crippen LogP contribution >= 0.6 is 0 Å². The van der Waals surface area contributed by atoms with E-state index in [1.807, 2.05) is 0 Å². The Kier molecular flexibility index (Phi) is 5.31. The maximum atomic E-state index is 14.0. The van der Waals surface area contributed by atoms with Crippen LogP contribution in [0, 0.1) is 0 Å². The monoisotopic (exact) mass is 386 g/mol. The van der Waals surface area contributed by atoms with Crippen LogP contribution in [0.4, 0.5) is 13.2 Å². The summed E-state index contributed by atoms with van der Waals surface area (Å²) >= 11 is 0. The van der Waals surface area contributed by atoms with Gasteiger partial charge in [-0.3, -0.25) is 4.98 Å². The highest BCUT2D eigenvalue weighted by molar-refractivity contribution is 6.05. The molecule has 0 N–H and O–H groups in total. The van der Waals surface area contributed by atoms with Crippen molar-refractivity contribution in [2.45, 2.75) is 18.8 Å². The Balaban J connectivity index is 2.12. The zero-order chi connectivity index (χ0) is 19.5. The van der Waals surface area contributed by atoms with Gasteiger partial charge in [-0.15, -0.1) is 0 Å². The van der Waals surface area contributed by atoms with Crippen LogP contribution in [0.5, 0.6) is 0 Å². The first kappa shape index (κ1) is 19.1. The third-order valence-corrected chi connectivity index (χ3v) is 3.85. The quantitative estimate of drug-likeness (QED) is 0.730. The Morgan fingerprint density at radius 3 is 2.67 bits per heavy atom. The first-order valence-corrected chi connectivity index (χ1v) is 8.22. The molecule has 8 nitrogen and oxygen atoms in total. The number of amidine groups is 1. The molecule has 1 saturated heterocycles. The van der Waals surface area contributed by atoms with E-state index in [1.54, 1.807) is 0 Å². The summed E-state index contributed by atoms with van der Waals surface area (Å²) in [6, 6.07) is 2.62. The van der Waals surface area contributed by atoms with Gasteiger partial charge in [0.15, 0.2) is 0 Å². The lowest BCUT2D eigenvalue weighted by atomic mass is 10.1. The molecule has 2 aliphatic rings. The zero-order valence-corrected chi connectivity index (χ0v) is 14.4. The summed E-state index contributed by atoms with van der Waals surface area (Å²) in [4.78, 5) is 24.7. The first-order chi connectivity index (χ1) is 12.9. The third-order valence-electron chi connectivity index (χ3n) is 3.85. The summed E-state index contributed by atoms with van der Waals surface area (Å²) in [5, 5.41) is 0. The number of aliphatic imine (C=N–C) groups is 2. The second-order valence-electron chi connectivity index (χ2n) is 5.64. The Morgan fingerprint density at radius 2 is 2.07 bits per heavy atom. The number of hydrogen-bond acceptors (Lipinski definition) is 8.